The first-order chi connectivity index (χ1) is 7.58. The van der Waals surface area contributed by atoms with Gasteiger partial charge in [-0.15, -0.1) is 0 Å². The molecule has 0 spiro atoms. The van der Waals surface area contributed by atoms with Crippen LogP contribution in [0.15, 0.2) is 18.2 Å². The Hall–Kier alpha value is -1.01. The number of hydrogen-bond acceptors (Lipinski definition) is 4. The smallest absolute Gasteiger partial charge is 0.123 e. The quantitative estimate of drug-likeness (QED) is 0.578. The summed E-state index contributed by atoms with van der Waals surface area (Å²) in [5, 5.41) is 36.5. The topological polar surface area (TPSA) is 80.9 Å². The van der Waals surface area contributed by atoms with Crippen LogP contribution in [0.25, 0.3) is 0 Å². The molecule has 90 valence electrons. The second-order valence-corrected chi connectivity index (χ2v) is 3.58. The second-order valence-electron chi connectivity index (χ2n) is 3.58. The van der Waals surface area contributed by atoms with E-state index in [2.05, 4.69) is 0 Å². The molecule has 1 aromatic rings. The summed E-state index contributed by atoms with van der Waals surface area (Å²) in [5.41, 5.74) is 0.509. The fourth-order valence-corrected chi connectivity index (χ4v) is 1.45. The zero-order valence-corrected chi connectivity index (χ0v) is 8.67. The van der Waals surface area contributed by atoms with Crippen LogP contribution in [-0.2, 0) is 6.61 Å². The highest BCUT2D eigenvalue weighted by atomic mass is 19.1. The summed E-state index contributed by atoms with van der Waals surface area (Å²) >= 11 is 0. The van der Waals surface area contributed by atoms with Crippen LogP contribution in [0.1, 0.15) is 23.7 Å². The Balaban J connectivity index is 2.89. The monoisotopic (exact) mass is 230 g/mol. The second kappa shape index (κ2) is 5.91. The fraction of sp³-hybridized carbons (Fsp3) is 0.455. The van der Waals surface area contributed by atoms with E-state index in [1.807, 2.05) is 0 Å². The van der Waals surface area contributed by atoms with Gasteiger partial charge in [-0.3, -0.25) is 0 Å². The molecule has 0 saturated heterocycles. The van der Waals surface area contributed by atoms with Gasteiger partial charge < -0.3 is 20.4 Å². The molecule has 0 fully saturated rings. The first-order valence-corrected chi connectivity index (χ1v) is 4.95. The van der Waals surface area contributed by atoms with Crippen LogP contribution in [0, 0.1) is 5.82 Å². The predicted octanol–water partition coefficient (Wildman–Crippen LogP) is 0.0947. The molecular weight excluding hydrogens is 215 g/mol. The van der Waals surface area contributed by atoms with E-state index >= 15 is 0 Å². The molecule has 0 bridgehead atoms. The third kappa shape index (κ3) is 3.24. The van der Waals surface area contributed by atoms with Crippen LogP contribution in [0.5, 0.6) is 0 Å². The van der Waals surface area contributed by atoms with E-state index in [-0.39, 0.29) is 25.2 Å². The van der Waals surface area contributed by atoms with Crippen molar-refractivity contribution in [2.45, 2.75) is 25.2 Å². The van der Waals surface area contributed by atoms with Crippen LogP contribution in [0.4, 0.5) is 4.39 Å². The number of halogens is 1. The molecule has 0 amide bonds. The first-order valence-electron chi connectivity index (χ1n) is 4.95. The number of hydrogen-bond donors (Lipinski definition) is 4. The van der Waals surface area contributed by atoms with Crippen LogP contribution in [-0.4, -0.2) is 33.1 Å². The van der Waals surface area contributed by atoms with E-state index in [9.17, 15) is 14.6 Å². The van der Waals surface area contributed by atoms with Gasteiger partial charge in [0.2, 0.25) is 0 Å². The fourth-order valence-electron chi connectivity index (χ4n) is 1.45. The SMILES string of the molecule is OCCC(O)C(O)c1cc(F)cc(CO)c1. The molecule has 0 radical (unpaired) electrons. The molecule has 5 heteroatoms. The lowest BCUT2D eigenvalue weighted by molar-refractivity contribution is 0.00400. The van der Waals surface area contributed by atoms with Crippen LogP contribution < -0.4 is 0 Å². The predicted molar refractivity (Wildman–Crippen MR) is 55.0 cm³/mol. The van der Waals surface area contributed by atoms with E-state index in [1.54, 1.807) is 0 Å². The normalized spacial score (nSPS) is 14.8. The Morgan fingerprint density at radius 3 is 2.38 bits per heavy atom. The summed E-state index contributed by atoms with van der Waals surface area (Å²) in [7, 11) is 0. The van der Waals surface area contributed by atoms with Crippen LogP contribution >= 0.6 is 0 Å². The Morgan fingerprint density at radius 1 is 1.12 bits per heavy atom. The number of aliphatic hydroxyl groups is 4. The van der Waals surface area contributed by atoms with Gasteiger partial charge in [-0.05, 0) is 29.7 Å². The zero-order chi connectivity index (χ0) is 12.1. The molecule has 0 heterocycles. The van der Waals surface area contributed by atoms with Gasteiger partial charge in [0.15, 0.2) is 0 Å². The van der Waals surface area contributed by atoms with Crippen molar-refractivity contribution in [2.24, 2.45) is 0 Å². The molecule has 0 aliphatic carbocycles. The molecule has 0 saturated carbocycles. The van der Waals surface area contributed by atoms with Crippen LogP contribution in [0.3, 0.4) is 0 Å². The van der Waals surface area contributed by atoms with Crippen molar-refractivity contribution in [3.8, 4) is 0 Å². The number of rotatable bonds is 5. The molecular formula is C11H15FO4. The van der Waals surface area contributed by atoms with E-state index in [0.717, 1.165) is 12.1 Å². The van der Waals surface area contributed by atoms with Crippen molar-refractivity contribution in [3.63, 3.8) is 0 Å². The van der Waals surface area contributed by atoms with E-state index in [1.165, 1.54) is 6.07 Å². The van der Waals surface area contributed by atoms with Crippen molar-refractivity contribution in [1.29, 1.82) is 0 Å². The molecule has 0 aliphatic rings. The highest BCUT2D eigenvalue weighted by molar-refractivity contribution is 5.26. The number of benzene rings is 1. The summed E-state index contributed by atoms with van der Waals surface area (Å²) in [6.45, 7) is -0.603. The third-order valence-corrected chi connectivity index (χ3v) is 2.29. The average molecular weight is 230 g/mol. The van der Waals surface area contributed by atoms with Crippen molar-refractivity contribution in [3.05, 3.63) is 35.1 Å². The summed E-state index contributed by atoms with van der Waals surface area (Å²) in [4.78, 5) is 0. The van der Waals surface area contributed by atoms with E-state index in [4.69, 9.17) is 10.2 Å². The lowest BCUT2D eigenvalue weighted by Gasteiger charge is -2.17. The maximum atomic E-state index is 13.1. The molecule has 16 heavy (non-hydrogen) atoms. The minimum atomic E-state index is -1.27. The van der Waals surface area contributed by atoms with Gasteiger partial charge in [0.1, 0.15) is 11.9 Å². The van der Waals surface area contributed by atoms with Gasteiger partial charge in [-0.2, -0.15) is 0 Å². The lowest BCUT2D eigenvalue weighted by Crippen LogP contribution is -2.19. The van der Waals surface area contributed by atoms with Gasteiger partial charge in [0.25, 0.3) is 0 Å². The zero-order valence-electron chi connectivity index (χ0n) is 8.67. The van der Waals surface area contributed by atoms with Crippen molar-refractivity contribution >= 4 is 0 Å². The van der Waals surface area contributed by atoms with E-state index < -0.39 is 18.0 Å². The minimum absolute atomic E-state index is 0.00609. The summed E-state index contributed by atoms with van der Waals surface area (Å²) in [6.07, 6.45) is -2.42. The Bertz CT molecular complexity index is 343. The van der Waals surface area contributed by atoms with Gasteiger partial charge >= 0.3 is 0 Å². The maximum absolute atomic E-state index is 13.1. The Labute approximate surface area is 92.6 Å². The minimum Gasteiger partial charge on any atom is -0.396 e. The van der Waals surface area contributed by atoms with Gasteiger partial charge in [0.05, 0.1) is 12.7 Å². The molecule has 4 nitrogen and oxygen atoms in total. The molecule has 1 rings (SSSR count). The molecule has 2 unspecified atom stereocenters. The Morgan fingerprint density at radius 2 is 1.81 bits per heavy atom. The maximum Gasteiger partial charge on any atom is 0.123 e. The summed E-state index contributed by atoms with van der Waals surface area (Å²) in [5.74, 6) is -0.586. The van der Waals surface area contributed by atoms with Gasteiger partial charge in [0, 0.05) is 6.61 Å². The molecule has 0 aliphatic heterocycles. The van der Waals surface area contributed by atoms with Crippen molar-refractivity contribution in [1.82, 2.24) is 0 Å². The van der Waals surface area contributed by atoms with E-state index in [0.29, 0.717) is 5.56 Å². The standard InChI is InChI=1S/C11H15FO4/c12-9-4-7(6-14)3-8(5-9)11(16)10(15)1-2-13/h3-5,10-11,13-16H,1-2,6H2. The number of aliphatic hydroxyl groups excluding tert-OH is 4. The molecule has 4 N–H and O–H groups in total. The third-order valence-electron chi connectivity index (χ3n) is 2.29. The molecule has 2 atom stereocenters. The highest BCUT2D eigenvalue weighted by Crippen LogP contribution is 2.21. The first kappa shape index (κ1) is 13.1. The molecule has 0 aromatic heterocycles. The van der Waals surface area contributed by atoms with Crippen molar-refractivity contribution < 1.29 is 24.8 Å². The summed E-state index contributed by atoms with van der Waals surface area (Å²) in [6, 6.07) is 3.65. The van der Waals surface area contributed by atoms with Crippen LogP contribution in [0.2, 0.25) is 0 Å². The average Bonchev–Trinajstić information content (AvgIpc) is 2.27. The van der Waals surface area contributed by atoms with Gasteiger partial charge in [-0.1, -0.05) is 6.07 Å². The summed E-state index contributed by atoms with van der Waals surface area (Å²) < 4.78 is 13.1. The van der Waals surface area contributed by atoms with Gasteiger partial charge in [-0.25, -0.2) is 4.39 Å². The molecule has 1 aromatic carbocycles. The largest absolute Gasteiger partial charge is 0.396 e. The lowest BCUT2D eigenvalue weighted by atomic mass is 10.0. The van der Waals surface area contributed by atoms with Crippen molar-refractivity contribution in [2.75, 3.05) is 6.61 Å². The Kier molecular flexibility index (Phi) is 4.82. The highest BCUT2D eigenvalue weighted by Gasteiger charge is 2.18.